The van der Waals surface area contributed by atoms with Crippen LogP contribution in [0.4, 0.5) is 0 Å². The van der Waals surface area contributed by atoms with Crippen molar-refractivity contribution < 1.29 is 4.79 Å². The Morgan fingerprint density at radius 1 is 1.38 bits per heavy atom. The molecule has 2 nitrogen and oxygen atoms in total. The average Bonchev–Trinajstić information content (AvgIpc) is 2.26. The van der Waals surface area contributed by atoms with Gasteiger partial charge in [-0.3, -0.25) is 9.78 Å². The second kappa shape index (κ2) is 4.34. The Kier molecular flexibility index (Phi) is 3.06. The third-order valence-corrected chi connectivity index (χ3v) is 3.10. The first kappa shape index (κ1) is 11.3. The highest BCUT2D eigenvalue weighted by Crippen LogP contribution is 2.28. The minimum Gasteiger partial charge on any atom is -0.298 e. The number of halogens is 1. The molecule has 0 amide bonds. The minimum absolute atomic E-state index is 0.306. The number of aldehydes is 1. The predicted molar refractivity (Wildman–Crippen MR) is 68.9 cm³/mol. The summed E-state index contributed by atoms with van der Waals surface area (Å²) in [5, 5.41) is 1.05. The van der Waals surface area contributed by atoms with Gasteiger partial charge in [0.15, 0.2) is 6.29 Å². The molecule has 0 atom stereocenters. The summed E-state index contributed by atoms with van der Waals surface area (Å²) in [7, 11) is 0. The Balaban J connectivity index is 2.86. The summed E-state index contributed by atoms with van der Waals surface area (Å²) in [6.45, 7) is 4.17. The van der Waals surface area contributed by atoms with Crippen LogP contribution in [0.2, 0.25) is 0 Å². The first-order chi connectivity index (χ1) is 7.63. The summed E-state index contributed by atoms with van der Waals surface area (Å²) >= 11 is 3.45. The number of fused-ring (bicyclic) bond motifs is 1. The van der Waals surface area contributed by atoms with Gasteiger partial charge in [0.2, 0.25) is 0 Å². The summed E-state index contributed by atoms with van der Waals surface area (Å²) in [4.78, 5) is 15.3. The SMILES string of the molecule is CC(C)c1c(C=O)cnc2ccc(Br)cc12. The van der Waals surface area contributed by atoms with Crippen molar-refractivity contribution in [2.75, 3.05) is 0 Å². The van der Waals surface area contributed by atoms with E-state index in [1.807, 2.05) is 18.2 Å². The Bertz CT molecular complexity index is 549. The van der Waals surface area contributed by atoms with Crippen LogP contribution in [0, 0.1) is 0 Å². The number of carbonyl (C=O) groups excluding carboxylic acids is 1. The van der Waals surface area contributed by atoms with E-state index in [9.17, 15) is 4.79 Å². The Hall–Kier alpha value is -1.22. The van der Waals surface area contributed by atoms with E-state index in [2.05, 4.69) is 34.8 Å². The number of nitrogens with zero attached hydrogens (tertiary/aromatic N) is 1. The standard InChI is InChI=1S/C13H12BrNO/c1-8(2)13-9(7-16)6-15-12-4-3-10(14)5-11(12)13/h3-8H,1-2H3. The molecule has 82 valence electrons. The van der Waals surface area contributed by atoms with Crippen LogP contribution in [0.1, 0.15) is 35.7 Å². The Morgan fingerprint density at radius 3 is 2.75 bits per heavy atom. The van der Waals surface area contributed by atoms with Crippen LogP contribution >= 0.6 is 15.9 Å². The van der Waals surface area contributed by atoms with Crippen molar-refractivity contribution in [3.8, 4) is 0 Å². The van der Waals surface area contributed by atoms with Crippen LogP contribution in [-0.4, -0.2) is 11.3 Å². The van der Waals surface area contributed by atoms with Gasteiger partial charge >= 0.3 is 0 Å². The number of benzene rings is 1. The van der Waals surface area contributed by atoms with E-state index in [0.29, 0.717) is 11.5 Å². The largest absolute Gasteiger partial charge is 0.298 e. The lowest BCUT2D eigenvalue weighted by atomic mass is 9.95. The zero-order valence-electron chi connectivity index (χ0n) is 9.20. The maximum Gasteiger partial charge on any atom is 0.151 e. The highest BCUT2D eigenvalue weighted by atomic mass is 79.9. The fourth-order valence-electron chi connectivity index (χ4n) is 1.94. The van der Waals surface area contributed by atoms with Gasteiger partial charge in [-0.25, -0.2) is 0 Å². The molecule has 0 saturated carbocycles. The molecule has 0 saturated heterocycles. The molecule has 1 aromatic heterocycles. The predicted octanol–water partition coefficient (Wildman–Crippen LogP) is 3.93. The average molecular weight is 278 g/mol. The normalized spacial score (nSPS) is 11.0. The molecule has 0 bridgehead atoms. The molecule has 2 aromatic rings. The van der Waals surface area contributed by atoms with Crippen LogP contribution in [0.3, 0.4) is 0 Å². The fraction of sp³-hybridized carbons (Fsp3) is 0.231. The second-order valence-corrected chi connectivity index (χ2v) is 4.98. The molecule has 0 spiro atoms. The van der Waals surface area contributed by atoms with Crippen molar-refractivity contribution in [3.05, 3.63) is 40.0 Å². The van der Waals surface area contributed by atoms with E-state index < -0.39 is 0 Å². The molecule has 0 aliphatic rings. The van der Waals surface area contributed by atoms with Crippen molar-refractivity contribution in [2.24, 2.45) is 0 Å². The summed E-state index contributed by atoms with van der Waals surface area (Å²) < 4.78 is 1.01. The lowest BCUT2D eigenvalue weighted by molar-refractivity contribution is 0.112. The van der Waals surface area contributed by atoms with Crippen LogP contribution in [-0.2, 0) is 0 Å². The number of pyridine rings is 1. The maximum atomic E-state index is 11.0. The van der Waals surface area contributed by atoms with Gasteiger partial charge in [-0.1, -0.05) is 29.8 Å². The highest BCUT2D eigenvalue weighted by molar-refractivity contribution is 9.10. The van der Waals surface area contributed by atoms with Gasteiger partial charge in [-0.15, -0.1) is 0 Å². The van der Waals surface area contributed by atoms with Crippen LogP contribution in [0.5, 0.6) is 0 Å². The van der Waals surface area contributed by atoms with Gasteiger partial charge < -0.3 is 0 Å². The van der Waals surface area contributed by atoms with Crippen LogP contribution < -0.4 is 0 Å². The fourth-order valence-corrected chi connectivity index (χ4v) is 2.30. The topological polar surface area (TPSA) is 30.0 Å². The van der Waals surface area contributed by atoms with Gasteiger partial charge in [-0.05, 0) is 29.7 Å². The highest BCUT2D eigenvalue weighted by Gasteiger charge is 2.11. The van der Waals surface area contributed by atoms with E-state index in [0.717, 1.165) is 27.2 Å². The zero-order valence-corrected chi connectivity index (χ0v) is 10.8. The van der Waals surface area contributed by atoms with Crippen LogP contribution in [0.25, 0.3) is 10.9 Å². The van der Waals surface area contributed by atoms with Crippen molar-refractivity contribution in [2.45, 2.75) is 19.8 Å². The van der Waals surface area contributed by atoms with Gasteiger partial charge in [-0.2, -0.15) is 0 Å². The molecule has 0 radical (unpaired) electrons. The molecule has 0 aliphatic carbocycles. The number of aromatic nitrogens is 1. The summed E-state index contributed by atoms with van der Waals surface area (Å²) in [6.07, 6.45) is 2.53. The van der Waals surface area contributed by atoms with Gasteiger partial charge in [0.1, 0.15) is 0 Å². The van der Waals surface area contributed by atoms with Crippen molar-refractivity contribution >= 4 is 33.1 Å². The van der Waals surface area contributed by atoms with Gasteiger partial charge in [0, 0.05) is 21.6 Å². The van der Waals surface area contributed by atoms with Crippen molar-refractivity contribution in [3.63, 3.8) is 0 Å². The first-order valence-corrected chi connectivity index (χ1v) is 5.96. The van der Waals surface area contributed by atoms with E-state index in [4.69, 9.17) is 0 Å². The lowest BCUT2D eigenvalue weighted by Crippen LogP contribution is -1.98. The number of rotatable bonds is 2. The van der Waals surface area contributed by atoms with E-state index in [1.54, 1.807) is 6.20 Å². The third kappa shape index (κ3) is 1.87. The first-order valence-electron chi connectivity index (χ1n) is 5.17. The van der Waals surface area contributed by atoms with Gasteiger partial charge in [0.05, 0.1) is 5.52 Å². The molecule has 2 rings (SSSR count). The monoisotopic (exact) mass is 277 g/mol. The Labute approximate surface area is 103 Å². The molecule has 1 aromatic carbocycles. The Morgan fingerprint density at radius 2 is 2.12 bits per heavy atom. The second-order valence-electron chi connectivity index (χ2n) is 4.06. The van der Waals surface area contributed by atoms with E-state index in [1.165, 1.54) is 0 Å². The number of hydrogen-bond donors (Lipinski definition) is 0. The summed E-state index contributed by atoms with van der Waals surface area (Å²) in [5.74, 6) is 0.306. The van der Waals surface area contributed by atoms with E-state index in [-0.39, 0.29) is 0 Å². The molecule has 0 fully saturated rings. The van der Waals surface area contributed by atoms with Crippen LogP contribution in [0.15, 0.2) is 28.9 Å². The van der Waals surface area contributed by atoms with E-state index >= 15 is 0 Å². The third-order valence-electron chi connectivity index (χ3n) is 2.61. The number of carbonyl (C=O) groups is 1. The molecular weight excluding hydrogens is 266 g/mol. The molecule has 1 heterocycles. The summed E-state index contributed by atoms with van der Waals surface area (Å²) in [5.41, 5.74) is 2.68. The lowest BCUT2D eigenvalue weighted by Gasteiger charge is -2.12. The summed E-state index contributed by atoms with van der Waals surface area (Å²) in [6, 6.07) is 5.94. The number of hydrogen-bond acceptors (Lipinski definition) is 2. The molecule has 3 heteroatoms. The molecule has 0 N–H and O–H groups in total. The zero-order chi connectivity index (χ0) is 11.7. The minimum atomic E-state index is 0.306. The molecule has 0 unspecified atom stereocenters. The molecule has 0 aliphatic heterocycles. The smallest absolute Gasteiger partial charge is 0.151 e. The maximum absolute atomic E-state index is 11.0. The van der Waals surface area contributed by atoms with Gasteiger partial charge in [0.25, 0.3) is 0 Å². The quantitative estimate of drug-likeness (QED) is 0.779. The molecular formula is C13H12BrNO. The van der Waals surface area contributed by atoms with Crippen molar-refractivity contribution in [1.82, 2.24) is 4.98 Å². The molecule has 16 heavy (non-hydrogen) atoms. The van der Waals surface area contributed by atoms with Crippen molar-refractivity contribution in [1.29, 1.82) is 0 Å².